The zero-order valence-corrected chi connectivity index (χ0v) is 12.8. The van der Waals surface area contributed by atoms with Crippen molar-refractivity contribution in [2.75, 3.05) is 0 Å². The minimum absolute atomic E-state index is 0.0379. The molecular formula is C16H11ClN2OS. The summed E-state index contributed by atoms with van der Waals surface area (Å²) in [4.78, 5) is 20.9. The molecule has 0 aliphatic rings. The molecule has 3 aromatic rings. The van der Waals surface area contributed by atoms with Gasteiger partial charge in [0.1, 0.15) is 11.4 Å². The molecule has 0 radical (unpaired) electrons. The maximum absolute atomic E-state index is 11.4. The molecule has 0 unspecified atom stereocenters. The number of ketones is 1. The topological polar surface area (TPSA) is 42.9 Å². The van der Waals surface area contributed by atoms with E-state index in [1.807, 2.05) is 30.3 Å². The molecule has 0 atom stereocenters. The van der Waals surface area contributed by atoms with Gasteiger partial charge in [-0.15, -0.1) is 0 Å². The van der Waals surface area contributed by atoms with Gasteiger partial charge in [0.05, 0.1) is 10.5 Å². The third kappa shape index (κ3) is 2.91. The Kier molecular flexibility index (Phi) is 3.90. The van der Waals surface area contributed by atoms with Crippen LogP contribution in [0.2, 0.25) is 5.02 Å². The number of Topliss-reactive ketones (excluding diaryl/α,β-unsaturated/α-hetero) is 1. The summed E-state index contributed by atoms with van der Waals surface area (Å²) in [6.45, 7) is 1.51. The van der Waals surface area contributed by atoms with Gasteiger partial charge in [0.2, 0.25) is 0 Å². The molecule has 21 heavy (non-hydrogen) atoms. The number of halogens is 1. The fraction of sp³-hybridized carbons (Fsp3) is 0.0625. The summed E-state index contributed by atoms with van der Waals surface area (Å²) in [6.07, 6.45) is 1.55. The standard InChI is InChI=1S/C16H11ClN2OS/c1-10(20)12-7-6-11(8-14(12)17)21-16-13-4-2-3-5-15(13)18-9-19-16/h2-9H,1H3. The molecule has 1 heterocycles. The second kappa shape index (κ2) is 5.84. The Balaban J connectivity index is 1.99. The first-order chi connectivity index (χ1) is 10.1. The summed E-state index contributed by atoms with van der Waals surface area (Å²) in [5, 5.41) is 2.33. The maximum atomic E-state index is 11.4. The van der Waals surface area contributed by atoms with Crippen LogP contribution < -0.4 is 0 Å². The molecule has 0 aliphatic carbocycles. The molecule has 0 N–H and O–H groups in total. The van der Waals surface area contributed by atoms with Gasteiger partial charge in [0.25, 0.3) is 0 Å². The van der Waals surface area contributed by atoms with Crippen molar-refractivity contribution >= 4 is 40.0 Å². The first-order valence-electron chi connectivity index (χ1n) is 6.33. The third-order valence-corrected chi connectivity index (χ3v) is 4.36. The van der Waals surface area contributed by atoms with Crippen molar-refractivity contribution in [1.82, 2.24) is 9.97 Å². The number of hydrogen-bond acceptors (Lipinski definition) is 4. The largest absolute Gasteiger partial charge is 0.294 e. The average Bonchev–Trinajstić information content (AvgIpc) is 2.47. The van der Waals surface area contributed by atoms with Crippen LogP contribution in [0, 0.1) is 0 Å². The fourth-order valence-electron chi connectivity index (χ4n) is 2.02. The van der Waals surface area contributed by atoms with Crippen molar-refractivity contribution < 1.29 is 4.79 Å². The molecule has 104 valence electrons. The Morgan fingerprint density at radius 3 is 2.71 bits per heavy atom. The van der Waals surface area contributed by atoms with Crippen molar-refractivity contribution in [1.29, 1.82) is 0 Å². The van der Waals surface area contributed by atoms with E-state index in [4.69, 9.17) is 11.6 Å². The molecule has 0 spiro atoms. The third-order valence-electron chi connectivity index (χ3n) is 3.04. The van der Waals surface area contributed by atoms with Gasteiger partial charge >= 0.3 is 0 Å². The van der Waals surface area contributed by atoms with Crippen LogP contribution in [0.5, 0.6) is 0 Å². The van der Waals surface area contributed by atoms with Crippen LogP contribution in [0.25, 0.3) is 10.9 Å². The van der Waals surface area contributed by atoms with Crippen molar-refractivity contribution in [2.45, 2.75) is 16.8 Å². The highest BCUT2D eigenvalue weighted by atomic mass is 35.5. The normalized spacial score (nSPS) is 10.8. The lowest BCUT2D eigenvalue weighted by atomic mass is 10.1. The van der Waals surface area contributed by atoms with Crippen molar-refractivity contribution in [3.8, 4) is 0 Å². The summed E-state index contributed by atoms with van der Waals surface area (Å²) in [7, 11) is 0. The summed E-state index contributed by atoms with van der Waals surface area (Å²) in [6, 6.07) is 13.3. The van der Waals surface area contributed by atoms with Crippen LogP contribution in [0.15, 0.2) is 58.7 Å². The Bertz CT molecular complexity index is 830. The van der Waals surface area contributed by atoms with Crippen molar-refractivity contribution in [3.63, 3.8) is 0 Å². The number of aromatic nitrogens is 2. The number of hydrogen-bond donors (Lipinski definition) is 0. The second-order valence-electron chi connectivity index (χ2n) is 4.50. The van der Waals surface area contributed by atoms with Gasteiger partial charge in [-0.25, -0.2) is 9.97 Å². The van der Waals surface area contributed by atoms with E-state index in [0.717, 1.165) is 20.8 Å². The number of carbonyl (C=O) groups excluding carboxylic acids is 1. The molecule has 0 fully saturated rings. The van der Waals surface area contributed by atoms with Gasteiger partial charge in [-0.2, -0.15) is 0 Å². The number of para-hydroxylation sites is 1. The molecule has 3 nitrogen and oxygen atoms in total. The van der Waals surface area contributed by atoms with E-state index in [2.05, 4.69) is 9.97 Å². The lowest BCUT2D eigenvalue weighted by molar-refractivity contribution is 0.101. The SMILES string of the molecule is CC(=O)c1ccc(Sc2ncnc3ccccc23)cc1Cl. The molecule has 3 rings (SSSR count). The summed E-state index contributed by atoms with van der Waals surface area (Å²) in [5.74, 6) is -0.0379. The number of carbonyl (C=O) groups is 1. The second-order valence-corrected chi connectivity index (χ2v) is 5.97. The lowest BCUT2D eigenvalue weighted by Gasteiger charge is -2.06. The highest BCUT2D eigenvalue weighted by Crippen LogP contribution is 2.33. The highest BCUT2D eigenvalue weighted by Gasteiger charge is 2.09. The number of rotatable bonds is 3. The van der Waals surface area contributed by atoms with Crippen LogP contribution >= 0.6 is 23.4 Å². The smallest absolute Gasteiger partial charge is 0.161 e. The first kappa shape index (κ1) is 14.0. The first-order valence-corrected chi connectivity index (χ1v) is 7.52. The van der Waals surface area contributed by atoms with Crippen LogP contribution in [0.4, 0.5) is 0 Å². The molecule has 5 heteroatoms. The van der Waals surface area contributed by atoms with Crippen LogP contribution in [-0.4, -0.2) is 15.8 Å². The predicted molar refractivity (Wildman–Crippen MR) is 85.1 cm³/mol. The molecule has 0 bridgehead atoms. The Morgan fingerprint density at radius 1 is 1.14 bits per heavy atom. The number of nitrogens with zero attached hydrogens (tertiary/aromatic N) is 2. The van der Waals surface area contributed by atoms with Gasteiger partial charge in [-0.1, -0.05) is 41.6 Å². The Hall–Kier alpha value is -1.91. The monoisotopic (exact) mass is 314 g/mol. The van der Waals surface area contributed by atoms with E-state index >= 15 is 0 Å². The molecule has 0 aliphatic heterocycles. The quantitative estimate of drug-likeness (QED) is 0.522. The maximum Gasteiger partial charge on any atom is 0.161 e. The minimum atomic E-state index is -0.0379. The Morgan fingerprint density at radius 2 is 1.95 bits per heavy atom. The van der Waals surface area contributed by atoms with E-state index < -0.39 is 0 Å². The van der Waals surface area contributed by atoms with Gasteiger partial charge in [-0.05, 0) is 31.2 Å². The predicted octanol–water partition coefficient (Wildman–Crippen LogP) is 4.64. The van der Waals surface area contributed by atoms with Crippen LogP contribution in [-0.2, 0) is 0 Å². The number of fused-ring (bicyclic) bond motifs is 1. The highest BCUT2D eigenvalue weighted by molar-refractivity contribution is 7.99. The average molecular weight is 315 g/mol. The molecule has 0 saturated carbocycles. The lowest BCUT2D eigenvalue weighted by Crippen LogP contribution is -1.93. The van der Waals surface area contributed by atoms with Crippen LogP contribution in [0.1, 0.15) is 17.3 Å². The van der Waals surface area contributed by atoms with Crippen molar-refractivity contribution in [2.24, 2.45) is 0 Å². The Labute approximate surface area is 131 Å². The molecule has 0 saturated heterocycles. The zero-order valence-electron chi connectivity index (χ0n) is 11.2. The fourth-order valence-corrected chi connectivity index (χ4v) is 3.31. The molecule has 2 aromatic carbocycles. The number of benzene rings is 2. The van der Waals surface area contributed by atoms with E-state index in [1.54, 1.807) is 18.5 Å². The summed E-state index contributed by atoms with van der Waals surface area (Å²) < 4.78 is 0. The van der Waals surface area contributed by atoms with Gasteiger partial charge in [-0.3, -0.25) is 4.79 Å². The van der Waals surface area contributed by atoms with E-state index in [-0.39, 0.29) is 5.78 Å². The summed E-state index contributed by atoms with van der Waals surface area (Å²) in [5.41, 5.74) is 1.44. The van der Waals surface area contributed by atoms with Gasteiger partial charge in [0.15, 0.2) is 5.78 Å². The van der Waals surface area contributed by atoms with Crippen LogP contribution in [0.3, 0.4) is 0 Å². The van der Waals surface area contributed by atoms with E-state index in [1.165, 1.54) is 18.7 Å². The summed E-state index contributed by atoms with van der Waals surface area (Å²) >= 11 is 7.65. The molecule has 0 amide bonds. The van der Waals surface area contributed by atoms with E-state index in [9.17, 15) is 4.79 Å². The van der Waals surface area contributed by atoms with Gasteiger partial charge in [0, 0.05) is 15.8 Å². The van der Waals surface area contributed by atoms with Gasteiger partial charge < -0.3 is 0 Å². The minimum Gasteiger partial charge on any atom is -0.294 e. The molecule has 1 aromatic heterocycles. The van der Waals surface area contributed by atoms with Crippen molar-refractivity contribution in [3.05, 3.63) is 59.4 Å². The molecular weight excluding hydrogens is 304 g/mol. The zero-order chi connectivity index (χ0) is 14.8. The van der Waals surface area contributed by atoms with E-state index in [0.29, 0.717) is 10.6 Å².